The van der Waals surface area contributed by atoms with E-state index in [1.807, 2.05) is 7.05 Å². The number of nitro groups is 1. The summed E-state index contributed by atoms with van der Waals surface area (Å²) in [4.78, 5) is 38.9. The van der Waals surface area contributed by atoms with Crippen LogP contribution in [0.3, 0.4) is 0 Å². The minimum atomic E-state index is -0.515. The summed E-state index contributed by atoms with van der Waals surface area (Å²) < 4.78 is 15.0. The summed E-state index contributed by atoms with van der Waals surface area (Å²) in [6.07, 6.45) is 2.34. The van der Waals surface area contributed by atoms with Crippen LogP contribution in [0.5, 0.6) is 0 Å². The first-order chi connectivity index (χ1) is 15.5. The fraction of sp³-hybridized carbons (Fsp3) is 0.333. The highest BCUT2D eigenvalue weighted by atomic mass is 32.2. The van der Waals surface area contributed by atoms with Crippen LogP contribution >= 0.6 is 11.8 Å². The molecule has 0 spiro atoms. The topological polar surface area (TPSA) is 83.8 Å². The number of carbonyl (C=O) groups is 2. The molecule has 0 saturated carbocycles. The van der Waals surface area contributed by atoms with E-state index in [4.69, 9.17) is 0 Å². The second-order valence-electron chi connectivity index (χ2n) is 9.10. The molecular weight excluding hydrogens is 445 g/mol. The lowest BCUT2D eigenvalue weighted by molar-refractivity contribution is -0.384. The first kappa shape index (κ1) is 23.0. The van der Waals surface area contributed by atoms with Crippen LogP contribution in [0.25, 0.3) is 6.08 Å². The van der Waals surface area contributed by atoms with E-state index in [9.17, 15) is 19.7 Å². The number of hydrogen-bond acceptors (Lipinski definition) is 6. The molecule has 2 aromatic rings. The molecule has 0 N–H and O–H groups in total. The largest absolute Gasteiger partial charge is 0.369 e. The van der Waals surface area contributed by atoms with Gasteiger partial charge in [0.2, 0.25) is 0 Å². The van der Waals surface area contributed by atoms with E-state index in [0.717, 1.165) is 34.3 Å². The number of fused-ring (bicyclic) bond motifs is 1. The number of rotatable bonds is 4. The van der Waals surface area contributed by atoms with E-state index < -0.39 is 21.9 Å². The molecule has 2 aliphatic rings. The van der Waals surface area contributed by atoms with Crippen molar-refractivity contribution >= 4 is 40.4 Å². The number of nitrogens with zero attached hydrogens (tertiary/aromatic N) is 3. The molecule has 4 rings (SSSR count). The minimum Gasteiger partial charge on any atom is -0.369 e. The maximum absolute atomic E-state index is 15.0. The Hall–Kier alpha value is -3.20. The molecule has 2 aliphatic heterocycles. The third-order valence-electron chi connectivity index (χ3n) is 6.40. The summed E-state index contributed by atoms with van der Waals surface area (Å²) in [5.74, 6) is -0.740. The van der Waals surface area contributed by atoms with E-state index in [1.165, 1.54) is 36.4 Å². The van der Waals surface area contributed by atoms with E-state index in [2.05, 4.69) is 25.7 Å². The van der Waals surface area contributed by atoms with Gasteiger partial charge < -0.3 is 4.90 Å². The third kappa shape index (κ3) is 4.25. The van der Waals surface area contributed by atoms with Crippen molar-refractivity contribution in [1.29, 1.82) is 0 Å². The Morgan fingerprint density at radius 1 is 1.24 bits per heavy atom. The molecule has 2 aromatic carbocycles. The fourth-order valence-corrected chi connectivity index (χ4v) is 5.23. The average Bonchev–Trinajstić information content (AvgIpc) is 3.00. The Morgan fingerprint density at radius 3 is 2.55 bits per heavy atom. The zero-order valence-electron chi connectivity index (χ0n) is 18.8. The predicted molar refractivity (Wildman–Crippen MR) is 127 cm³/mol. The minimum absolute atomic E-state index is 0.0103. The van der Waals surface area contributed by atoms with Crippen LogP contribution < -0.4 is 4.90 Å². The Morgan fingerprint density at radius 2 is 1.91 bits per heavy atom. The van der Waals surface area contributed by atoms with Gasteiger partial charge in [-0.15, -0.1) is 0 Å². The van der Waals surface area contributed by atoms with Crippen molar-refractivity contribution in [2.24, 2.45) is 0 Å². The molecule has 0 bridgehead atoms. The van der Waals surface area contributed by atoms with Gasteiger partial charge in [-0.25, -0.2) is 4.39 Å². The van der Waals surface area contributed by atoms with Crippen LogP contribution in [-0.4, -0.2) is 33.6 Å². The summed E-state index contributed by atoms with van der Waals surface area (Å²) >= 11 is 0.764. The van der Waals surface area contributed by atoms with Gasteiger partial charge in [0.25, 0.3) is 16.8 Å². The smallest absolute Gasteiger partial charge is 0.293 e. The third-order valence-corrected chi connectivity index (χ3v) is 7.31. The number of nitro benzene ring substituents is 1. The Balaban J connectivity index is 1.60. The van der Waals surface area contributed by atoms with Crippen LogP contribution in [0.2, 0.25) is 0 Å². The summed E-state index contributed by atoms with van der Waals surface area (Å²) in [5, 5.41) is 10.3. The monoisotopic (exact) mass is 469 g/mol. The standard InChI is InChI=1S/C24H24FN3O4S/c1-14-12-24(2,3)26(4)20-11-19(25)16(9-18(14)20)10-21-22(29)27(23(30)33-21)13-15-5-7-17(8-6-15)28(31)32/h5-11,14H,12-13H2,1-4H3/b21-10+. The number of anilines is 1. The number of imide groups is 1. The summed E-state index contributed by atoms with van der Waals surface area (Å²) in [5.41, 5.74) is 2.53. The van der Waals surface area contributed by atoms with Gasteiger partial charge in [0.1, 0.15) is 5.82 Å². The first-order valence-corrected chi connectivity index (χ1v) is 11.4. The molecule has 0 aliphatic carbocycles. The average molecular weight is 470 g/mol. The van der Waals surface area contributed by atoms with Crippen molar-refractivity contribution in [2.45, 2.75) is 45.2 Å². The molecular formula is C24H24FN3O4S. The van der Waals surface area contributed by atoms with E-state index >= 15 is 4.39 Å². The highest BCUT2D eigenvalue weighted by molar-refractivity contribution is 8.18. The van der Waals surface area contributed by atoms with E-state index in [-0.39, 0.29) is 34.2 Å². The molecule has 7 nitrogen and oxygen atoms in total. The number of hydrogen-bond donors (Lipinski definition) is 0. The van der Waals surface area contributed by atoms with E-state index in [0.29, 0.717) is 5.56 Å². The fourth-order valence-electron chi connectivity index (χ4n) is 4.40. The quantitative estimate of drug-likeness (QED) is 0.325. The zero-order valence-corrected chi connectivity index (χ0v) is 19.6. The lowest BCUT2D eigenvalue weighted by Gasteiger charge is -2.45. The summed E-state index contributed by atoms with van der Waals surface area (Å²) in [7, 11) is 1.95. The predicted octanol–water partition coefficient (Wildman–Crippen LogP) is 5.69. The van der Waals surface area contributed by atoms with Crippen LogP contribution in [0, 0.1) is 15.9 Å². The van der Waals surface area contributed by atoms with Crippen LogP contribution in [0.4, 0.5) is 20.6 Å². The summed E-state index contributed by atoms with van der Waals surface area (Å²) in [6, 6.07) is 8.94. The van der Waals surface area contributed by atoms with Crippen LogP contribution in [0.15, 0.2) is 41.3 Å². The number of halogens is 1. The molecule has 1 unspecified atom stereocenters. The molecule has 33 heavy (non-hydrogen) atoms. The first-order valence-electron chi connectivity index (χ1n) is 10.5. The van der Waals surface area contributed by atoms with Crippen LogP contribution in [0.1, 0.15) is 49.8 Å². The Labute approximate surface area is 195 Å². The van der Waals surface area contributed by atoms with Gasteiger partial charge in [0.05, 0.1) is 16.4 Å². The Bertz CT molecular complexity index is 1190. The highest BCUT2D eigenvalue weighted by Crippen LogP contribution is 2.44. The van der Waals surface area contributed by atoms with Gasteiger partial charge in [0, 0.05) is 36.0 Å². The lowest BCUT2D eigenvalue weighted by Crippen LogP contribution is -2.45. The molecule has 0 aromatic heterocycles. The normalized spacial score (nSPS) is 21.0. The molecule has 2 heterocycles. The molecule has 2 amide bonds. The maximum atomic E-state index is 15.0. The number of carbonyl (C=O) groups excluding carboxylic acids is 2. The molecule has 9 heteroatoms. The van der Waals surface area contributed by atoms with Crippen LogP contribution in [-0.2, 0) is 11.3 Å². The second-order valence-corrected chi connectivity index (χ2v) is 10.1. The SMILES string of the molecule is CC1CC(C)(C)N(C)c2cc(F)c(/C=C3/SC(=O)N(Cc4ccc([N+](=O)[O-])cc4)C3=O)cc21. The second kappa shape index (κ2) is 8.30. The number of benzene rings is 2. The van der Waals surface area contributed by atoms with Crippen molar-refractivity contribution < 1.29 is 18.9 Å². The van der Waals surface area contributed by atoms with Crippen molar-refractivity contribution in [3.63, 3.8) is 0 Å². The lowest BCUT2D eigenvalue weighted by atomic mass is 9.80. The maximum Gasteiger partial charge on any atom is 0.293 e. The van der Waals surface area contributed by atoms with E-state index in [1.54, 1.807) is 6.07 Å². The molecule has 1 saturated heterocycles. The van der Waals surface area contributed by atoms with Crippen molar-refractivity contribution in [3.05, 3.63) is 73.9 Å². The van der Waals surface area contributed by atoms with Gasteiger partial charge in [-0.05, 0) is 67.3 Å². The van der Waals surface area contributed by atoms with Crippen molar-refractivity contribution in [2.75, 3.05) is 11.9 Å². The summed E-state index contributed by atoms with van der Waals surface area (Å²) in [6.45, 7) is 6.34. The van der Waals surface area contributed by atoms with Crippen molar-refractivity contribution in [1.82, 2.24) is 4.90 Å². The molecule has 0 radical (unpaired) electrons. The van der Waals surface area contributed by atoms with Gasteiger partial charge in [-0.2, -0.15) is 0 Å². The molecule has 1 fully saturated rings. The zero-order chi connectivity index (χ0) is 24.1. The van der Waals surface area contributed by atoms with Gasteiger partial charge in [0.15, 0.2) is 0 Å². The Kier molecular flexibility index (Phi) is 5.78. The number of non-ortho nitro benzene ring substituents is 1. The van der Waals surface area contributed by atoms with Crippen molar-refractivity contribution in [3.8, 4) is 0 Å². The number of amides is 2. The van der Waals surface area contributed by atoms with Gasteiger partial charge in [-0.3, -0.25) is 24.6 Å². The molecule has 172 valence electrons. The molecule has 1 atom stereocenters. The number of thioether (sulfide) groups is 1. The van der Waals surface area contributed by atoms with Gasteiger partial charge >= 0.3 is 0 Å². The highest BCUT2D eigenvalue weighted by Gasteiger charge is 2.37. The van der Waals surface area contributed by atoms with Gasteiger partial charge in [-0.1, -0.05) is 19.1 Å².